The Kier molecular flexibility index (Phi) is 821. The zero-order valence-corrected chi connectivity index (χ0v) is 3.02. The minimum Gasteiger partial charge on any atom is -2.00 e. The monoisotopic (exact) mass is 148 g/mol. The summed E-state index contributed by atoms with van der Waals surface area (Å²) in [4.78, 5) is 0. The molecule has 0 aliphatic rings. The Hall–Kier alpha value is 0.947. The first kappa shape index (κ1) is 85.9. The van der Waals surface area contributed by atoms with Crippen molar-refractivity contribution in [1.82, 2.24) is 0 Å². The third kappa shape index (κ3) is 12.5. The molecule has 0 atom stereocenters. The summed E-state index contributed by atoms with van der Waals surface area (Å²) in [6.45, 7) is 0. The van der Waals surface area contributed by atoms with Crippen LogP contribution in [0, 0.1) is 0 Å². The first-order chi connectivity index (χ1) is 0. The molecule has 1 nitrogen and oxygen atoms in total. The Balaban J connectivity index is 0. The van der Waals surface area contributed by atoms with E-state index in [2.05, 4.69) is 0 Å². The summed E-state index contributed by atoms with van der Waals surface area (Å²) < 4.78 is 0. The van der Waals surface area contributed by atoms with E-state index in [1.165, 1.54) is 0 Å². The van der Waals surface area contributed by atoms with E-state index in [0.29, 0.717) is 0 Å². The van der Waals surface area contributed by atoms with E-state index in [9.17, 15) is 0 Å². The first-order valence-corrected chi connectivity index (χ1v) is 0. The van der Waals surface area contributed by atoms with Gasteiger partial charge in [-0.05, 0) is 0 Å². The van der Waals surface area contributed by atoms with E-state index in [1.54, 1.807) is 0 Å². The van der Waals surface area contributed by atoms with Crippen molar-refractivity contribution in [2.75, 3.05) is 0 Å². The molecule has 0 bridgehead atoms. The molecule has 0 spiro atoms. The van der Waals surface area contributed by atoms with Crippen LogP contribution in [-0.4, -0.2) is 0 Å². The summed E-state index contributed by atoms with van der Waals surface area (Å²) in [5, 5.41) is 0. The molecule has 0 amide bonds. The van der Waals surface area contributed by atoms with Crippen molar-refractivity contribution in [3.05, 3.63) is 0 Å². The molecule has 0 radical (unpaired) electrons. The second-order valence-corrected chi connectivity index (χ2v) is 0. The van der Waals surface area contributed by atoms with Crippen molar-refractivity contribution in [3.63, 3.8) is 0 Å². The van der Waals surface area contributed by atoms with Gasteiger partial charge in [0.25, 0.3) is 0 Å². The maximum absolute atomic E-state index is 0. The minimum absolute atomic E-state index is 0. The van der Waals surface area contributed by atoms with Gasteiger partial charge in [0.1, 0.15) is 0 Å². The Morgan fingerprint density at radius 3 is 1.00 bits per heavy atom. The van der Waals surface area contributed by atoms with Gasteiger partial charge in [-0.25, -0.2) is 0 Å². The van der Waals surface area contributed by atoms with Crippen LogP contribution < -0.4 is 0 Å². The summed E-state index contributed by atoms with van der Waals surface area (Å²) in [6.07, 6.45) is 0. The van der Waals surface area contributed by atoms with Crippen LogP contribution in [0.2, 0.25) is 0 Å². The Bertz CT molecular complexity index is 6.00. The van der Waals surface area contributed by atoms with Crippen LogP contribution in [-0.2, 0) is 38.5 Å². The van der Waals surface area contributed by atoms with Gasteiger partial charge in [0.05, 0.1) is 0 Å². The molecule has 0 fully saturated rings. The summed E-state index contributed by atoms with van der Waals surface area (Å²) in [5.74, 6) is 0. The van der Waals surface area contributed by atoms with Crippen molar-refractivity contribution >= 4 is 0 Å². The molecule has 0 aliphatic heterocycles. The molecule has 0 aromatic rings. The van der Waals surface area contributed by atoms with Gasteiger partial charge < -0.3 is 5.48 Å². The van der Waals surface area contributed by atoms with Gasteiger partial charge in [0.15, 0.2) is 0 Å². The Morgan fingerprint density at radius 2 is 1.00 bits per heavy atom. The molecular formula is CH4Ni2O. The van der Waals surface area contributed by atoms with Crippen LogP contribution in [0.3, 0.4) is 0 Å². The van der Waals surface area contributed by atoms with E-state index in [0.717, 1.165) is 0 Å². The maximum Gasteiger partial charge on any atom is 2.00 e. The maximum atomic E-state index is 0. The average Bonchev–Trinajstić information content (AvgIpc) is 0. The van der Waals surface area contributed by atoms with Crippen LogP contribution in [0.25, 0.3) is 0 Å². The van der Waals surface area contributed by atoms with E-state index >= 15 is 0 Å². The molecule has 0 rings (SSSR count). The smallest absolute Gasteiger partial charge is 2.00 e. The fraction of sp³-hybridized carbons (Fsp3) is 1.00. The topological polar surface area (TPSA) is 28.5 Å². The zero-order chi connectivity index (χ0) is 0. The number of hydrogen-bond acceptors (Lipinski definition) is 0. The van der Waals surface area contributed by atoms with E-state index in [4.69, 9.17) is 0 Å². The normalized spacial score (nSPS) is 0. The summed E-state index contributed by atoms with van der Waals surface area (Å²) >= 11 is 0. The molecule has 3 heteroatoms. The first-order valence-electron chi connectivity index (χ1n) is 0. The van der Waals surface area contributed by atoms with Gasteiger partial charge in [0.2, 0.25) is 0 Å². The van der Waals surface area contributed by atoms with Crippen LogP contribution in [0.5, 0.6) is 0 Å². The van der Waals surface area contributed by atoms with Crippen molar-refractivity contribution in [1.29, 1.82) is 0 Å². The van der Waals surface area contributed by atoms with Gasteiger partial charge >= 0.3 is 16.5 Å². The summed E-state index contributed by atoms with van der Waals surface area (Å²) in [6, 6.07) is 0. The largest absolute Gasteiger partial charge is 2.00 e. The second kappa shape index (κ2) is 38.2. The van der Waals surface area contributed by atoms with Crippen molar-refractivity contribution in [2.24, 2.45) is 0 Å². The summed E-state index contributed by atoms with van der Waals surface area (Å²) in [7, 11) is 0. The van der Waals surface area contributed by atoms with Crippen molar-refractivity contribution in [2.45, 2.75) is 7.43 Å². The third-order valence-corrected chi connectivity index (χ3v) is 0. The van der Waals surface area contributed by atoms with Crippen molar-refractivity contribution in [3.8, 4) is 0 Å². The van der Waals surface area contributed by atoms with Gasteiger partial charge in [0, 0.05) is 16.5 Å². The molecule has 0 saturated carbocycles. The van der Waals surface area contributed by atoms with E-state index in [1.807, 2.05) is 0 Å². The molecule has 4 heavy (non-hydrogen) atoms. The average molecular weight is 149 g/mol. The fourth-order valence-corrected chi connectivity index (χ4v) is 0. The predicted octanol–water partition coefficient (Wildman–Crippen LogP) is 0.512. The fourth-order valence-electron chi connectivity index (χ4n) is 0. The van der Waals surface area contributed by atoms with Crippen LogP contribution >= 0.6 is 0 Å². The van der Waals surface area contributed by atoms with Crippen LogP contribution in [0.4, 0.5) is 0 Å². The Morgan fingerprint density at radius 1 is 1.00 bits per heavy atom. The van der Waals surface area contributed by atoms with E-state index < -0.39 is 0 Å². The SMILES string of the molecule is C.[Ni+2].[Ni].[O-2]. The third-order valence-electron chi connectivity index (χ3n) is 0. The molecule has 0 heterocycles. The minimum atomic E-state index is 0. The molecule has 0 aromatic carbocycles. The van der Waals surface area contributed by atoms with Gasteiger partial charge in [-0.15, -0.1) is 0 Å². The molecular weight excluding hydrogens is 145 g/mol. The standard InChI is InChI=1S/CH4.2Ni.O/h1H4;;;/q;;+2;-2. The second-order valence-electron chi connectivity index (χ2n) is 0. The molecule has 0 unspecified atom stereocenters. The molecule has 0 aromatic heterocycles. The summed E-state index contributed by atoms with van der Waals surface area (Å²) in [5.41, 5.74) is 0. The molecule has 0 saturated heterocycles. The van der Waals surface area contributed by atoms with Gasteiger partial charge in [-0.3, -0.25) is 0 Å². The van der Waals surface area contributed by atoms with Gasteiger partial charge in [-0.1, -0.05) is 7.43 Å². The Labute approximate surface area is 46.3 Å². The molecule has 0 N–H and O–H groups in total. The zero-order valence-electron chi connectivity index (χ0n) is 1.04. The number of rotatable bonds is 0. The van der Waals surface area contributed by atoms with Crippen LogP contribution in [0.15, 0.2) is 0 Å². The van der Waals surface area contributed by atoms with Crippen LogP contribution in [0.1, 0.15) is 7.43 Å². The van der Waals surface area contributed by atoms with Crippen molar-refractivity contribution < 1.29 is 38.5 Å². The van der Waals surface area contributed by atoms with E-state index in [-0.39, 0.29) is 45.9 Å². The molecule has 34 valence electrons. The van der Waals surface area contributed by atoms with Gasteiger partial charge in [-0.2, -0.15) is 0 Å². The molecule has 0 aliphatic carbocycles. The predicted molar refractivity (Wildman–Crippen MR) is 7.42 cm³/mol. The number of hydrogen-bond donors (Lipinski definition) is 0. The quantitative estimate of drug-likeness (QED) is 0.449.